The van der Waals surface area contributed by atoms with Crippen molar-refractivity contribution < 1.29 is 4.74 Å². The molecule has 0 amide bonds. The van der Waals surface area contributed by atoms with E-state index in [1.54, 1.807) is 7.11 Å². The van der Waals surface area contributed by atoms with Gasteiger partial charge in [0.1, 0.15) is 0 Å². The van der Waals surface area contributed by atoms with Gasteiger partial charge in [-0.3, -0.25) is 0 Å². The smallest absolute Gasteiger partial charge is 0.0713 e. The van der Waals surface area contributed by atoms with Crippen LogP contribution in [0.5, 0.6) is 0 Å². The number of benzene rings is 1. The molecule has 1 saturated heterocycles. The third-order valence-electron chi connectivity index (χ3n) is 3.70. The minimum Gasteiger partial charge on any atom is -0.380 e. The second kappa shape index (κ2) is 6.21. The van der Waals surface area contributed by atoms with Crippen LogP contribution in [0, 0.1) is 0 Å². The first-order valence-corrected chi connectivity index (χ1v) is 6.82. The van der Waals surface area contributed by atoms with Crippen LogP contribution in [0.4, 0.5) is 5.69 Å². The summed E-state index contributed by atoms with van der Waals surface area (Å²) in [6.07, 6.45) is 1.18. The number of hydrogen-bond donors (Lipinski definition) is 1. The van der Waals surface area contributed by atoms with E-state index in [0.717, 1.165) is 13.1 Å². The molecule has 18 heavy (non-hydrogen) atoms. The van der Waals surface area contributed by atoms with Gasteiger partial charge in [-0.1, -0.05) is 19.1 Å². The molecule has 2 rings (SSSR count). The minimum absolute atomic E-state index is 0.547. The minimum atomic E-state index is 0.547. The van der Waals surface area contributed by atoms with Crippen molar-refractivity contribution in [2.45, 2.75) is 39.0 Å². The first kappa shape index (κ1) is 13.4. The molecule has 2 unspecified atom stereocenters. The predicted octanol–water partition coefficient (Wildman–Crippen LogP) is 2.41. The zero-order valence-corrected chi connectivity index (χ0v) is 11.6. The molecule has 0 spiro atoms. The maximum atomic E-state index is 5.21. The molecule has 1 aromatic carbocycles. The Balaban J connectivity index is 2.15. The molecule has 0 aromatic heterocycles. The number of hydrogen-bond acceptors (Lipinski definition) is 3. The van der Waals surface area contributed by atoms with E-state index in [1.807, 2.05) is 0 Å². The van der Waals surface area contributed by atoms with Crippen LogP contribution in [0.1, 0.15) is 25.8 Å². The average molecular weight is 248 g/mol. The highest BCUT2D eigenvalue weighted by Crippen LogP contribution is 2.22. The maximum absolute atomic E-state index is 5.21. The molecule has 1 aliphatic heterocycles. The summed E-state index contributed by atoms with van der Waals surface area (Å²) in [5, 5.41) is 3.59. The Labute approximate surface area is 110 Å². The van der Waals surface area contributed by atoms with Crippen LogP contribution in [0.3, 0.4) is 0 Å². The van der Waals surface area contributed by atoms with Crippen molar-refractivity contribution in [2.24, 2.45) is 0 Å². The van der Waals surface area contributed by atoms with Gasteiger partial charge in [-0.15, -0.1) is 0 Å². The van der Waals surface area contributed by atoms with Crippen LogP contribution in [-0.2, 0) is 11.3 Å². The second-order valence-electron chi connectivity index (χ2n) is 5.12. The average Bonchev–Trinajstić information content (AvgIpc) is 2.40. The number of ether oxygens (including phenoxy) is 1. The summed E-state index contributed by atoms with van der Waals surface area (Å²) in [6.45, 7) is 7.36. The molecule has 1 heterocycles. The van der Waals surface area contributed by atoms with E-state index >= 15 is 0 Å². The van der Waals surface area contributed by atoms with Gasteiger partial charge in [-0.05, 0) is 31.0 Å². The van der Waals surface area contributed by atoms with Crippen molar-refractivity contribution >= 4 is 5.69 Å². The van der Waals surface area contributed by atoms with Crippen molar-refractivity contribution in [1.29, 1.82) is 0 Å². The van der Waals surface area contributed by atoms with Gasteiger partial charge in [0.05, 0.1) is 6.61 Å². The normalized spacial score (nSPS) is 24.3. The first-order chi connectivity index (χ1) is 8.74. The fraction of sp³-hybridized carbons (Fsp3) is 0.600. The lowest BCUT2D eigenvalue weighted by Gasteiger charge is -2.40. The fourth-order valence-corrected chi connectivity index (χ4v) is 2.55. The summed E-state index contributed by atoms with van der Waals surface area (Å²) in [6, 6.07) is 9.85. The predicted molar refractivity (Wildman–Crippen MR) is 76.0 cm³/mol. The van der Waals surface area contributed by atoms with Crippen LogP contribution >= 0.6 is 0 Å². The zero-order chi connectivity index (χ0) is 13.0. The molecule has 0 bridgehead atoms. The number of methoxy groups -OCH3 is 1. The van der Waals surface area contributed by atoms with Gasteiger partial charge in [0.25, 0.3) is 0 Å². The largest absolute Gasteiger partial charge is 0.380 e. The topological polar surface area (TPSA) is 24.5 Å². The molecular weight excluding hydrogens is 224 g/mol. The van der Waals surface area contributed by atoms with E-state index in [9.17, 15) is 0 Å². The highest BCUT2D eigenvalue weighted by Gasteiger charge is 2.23. The second-order valence-corrected chi connectivity index (χ2v) is 5.12. The Morgan fingerprint density at radius 1 is 1.44 bits per heavy atom. The fourth-order valence-electron chi connectivity index (χ4n) is 2.55. The van der Waals surface area contributed by atoms with Crippen LogP contribution in [0.2, 0.25) is 0 Å². The van der Waals surface area contributed by atoms with Crippen LogP contribution in [-0.4, -0.2) is 32.3 Å². The lowest BCUT2D eigenvalue weighted by Crippen LogP contribution is -2.55. The van der Waals surface area contributed by atoms with Gasteiger partial charge in [-0.2, -0.15) is 0 Å². The summed E-state index contributed by atoms with van der Waals surface area (Å²) >= 11 is 0. The molecule has 1 fully saturated rings. The van der Waals surface area contributed by atoms with E-state index in [-0.39, 0.29) is 0 Å². The Kier molecular flexibility index (Phi) is 4.61. The van der Waals surface area contributed by atoms with Crippen molar-refractivity contribution in [3.05, 3.63) is 29.8 Å². The summed E-state index contributed by atoms with van der Waals surface area (Å²) in [5.41, 5.74) is 2.56. The molecule has 2 atom stereocenters. The van der Waals surface area contributed by atoms with Gasteiger partial charge >= 0.3 is 0 Å². The third kappa shape index (κ3) is 3.03. The quantitative estimate of drug-likeness (QED) is 0.885. The monoisotopic (exact) mass is 248 g/mol. The highest BCUT2D eigenvalue weighted by molar-refractivity contribution is 5.50. The highest BCUT2D eigenvalue weighted by atomic mass is 16.5. The molecule has 0 aliphatic carbocycles. The molecular formula is C15H24N2O. The molecule has 100 valence electrons. The summed E-state index contributed by atoms with van der Waals surface area (Å²) < 4.78 is 5.21. The zero-order valence-electron chi connectivity index (χ0n) is 11.6. The molecule has 3 heteroatoms. The lowest BCUT2D eigenvalue weighted by molar-refractivity contribution is 0.185. The Morgan fingerprint density at radius 3 is 3.00 bits per heavy atom. The number of nitrogens with zero attached hydrogens (tertiary/aromatic N) is 1. The van der Waals surface area contributed by atoms with E-state index < -0.39 is 0 Å². The van der Waals surface area contributed by atoms with Crippen molar-refractivity contribution in [3.8, 4) is 0 Å². The van der Waals surface area contributed by atoms with Gasteiger partial charge in [0.2, 0.25) is 0 Å². The van der Waals surface area contributed by atoms with Crippen molar-refractivity contribution in [2.75, 3.05) is 25.1 Å². The maximum Gasteiger partial charge on any atom is 0.0713 e. The van der Waals surface area contributed by atoms with Gasteiger partial charge in [0.15, 0.2) is 0 Å². The first-order valence-electron chi connectivity index (χ1n) is 6.82. The van der Waals surface area contributed by atoms with Gasteiger partial charge in [0, 0.05) is 38.0 Å². The summed E-state index contributed by atoms with van der Waals surface area (Å²) in [4.78, 5) is 2.50. The van der Waals surface area contributed by atoms with Crippen LogP contribution < -0.4 is 10.2 Å². The number of anilines is 1. The molecule has 0 radical (unpaired) electrons. The SMILES string of the molecule is CCC1CN(c2cccc(COC)c2)C(C)CN1. The molecule has 0 saturated carbocycles. The van der Waals surface area contributed by atoms with E-state index in [2.05, 4.69) is 48.3 Å². The van der Waals surface area contributed by atoms with Gasteiger partial charge in [-0.25, -0.2) is 0 Å². The Bertz CT molecular complexity index is 381. The molecule has 3 nitrogen and oxygen atoms in total. The summed E-state index contributed by atoms with van der Waals surface area (Å²) in [7, 11) is 1.74. The number of nitrogens with one attached hydrogen (secondary N) is 1. The van der Waals surface area contributed by atoms with E-state index in [4.69, 9.17) is 4.74 Å². The van der Waals surface area contributed by atoms with Crippen LogP contribution in [0.25, 0.3) is 0 Å². The Hall–Kier alpha value is -1.06. The van der Waals surface area contributed by atoms with Gasteiger partial charge < -0.3 is 15.0 Å². The van der Waals surface area contributed by atoms with Crippen molar-refractivity contribution in [1.82, 2.24) is 5.32 Å². The summed E-state index contributed by atoms with van der Waals surface area (Å²) in [5.74, 6) is 0. The van der Waals surface area contributed by atoms with E-state index in [0.29, 0.717) is 18.7 Å². The molecule has 1 N–H and O–H groups in total. The number of rotatable bonds is 4. The van der Waals surface area contributed by atoms with Crippen molar-refractivity contribution in [3.63, 3.8) is 0 Å². The number of piperazine rings is 1. The lowest BCUT2D eigenvalue weighted by atomic mass is 10.1. The Morgan fingerprint density at radius 2 is 2.28 bits per heavy atom. The third-order valence-corrected chi connectivity index (χ3v) is 3.70. The molecule has 1 aliphatic rings. The standard InChI is InChI=1S/C15H24N2O/c1-4-14-10-17(12(2)9-16-14)15-7-5-6-13(8-15)11-18-3/h5-8,12,14,16H,4,9-11H2,1-3H3. The van der Waals surface area contributed by atoms with Crippen LogP contribution in [0.15, 0.2) is 24.3 Å². The molecule has 1 aromatic rings. The van der Waals surface area contributed by atoms with E-state index in [1.165, 1.54) is 17.7 Å².